The number of hydrogen-bond acceptors (Lipinski definition) is 3. The van der Waals surface area contributed by atoms with Crippen molar-refractivity contribution < 1.29 is 4.74 Å². The Balaban J connectivity index is 0.00000242. The molecule has 1 aromatic heterocycles. The van der Waals surface area contributed by atoms with E-state index in [4.69, 9.17) is 10.5 Å². The molecule has 0 spiro atoms. The van der Waals surface area contributed by atoms with Gasteiger partial charge in [0.25, 0.3) is 0 Å². The Hall–Kier alpha value is -1.05. The molecule has 0 bridgehead atoms. The summed E-state index contributed by atoms with van der Waals surface area (Å²) in [6.45, 7) is 5.79. The Morgan fingerprint density at radius 3 is 2.91 bits per heavy atom. The highest BCUT2D eigenvalue weighted by Crippen LogP contribution is 2.24. The first-order valence-electron chi connectivity index (χ1n) is 7.79. The summed E-state index contributed by atoms with van der Waals surface area (Å²) in [5, 5.41) is 3.13. The number of pyridine rings is 1. The summed E-state index contributed by atoms with van der Waals surface area (Å²) >= 11 is 0. The van der Waals surface area contributed by atoms with E-state index in [0.29, 0.717) is 30.4 Å². The third kappa shape index (κ3) is 6.81. The number of nitrogens with one attached hydrogen (secondary N) is 1. The minimum absolute atomic E-state index is 0. The molecule has 0 atom stereocenters. The van der Waals surface area contributed by atoms with Crippen molar-refractivity contribution in [3.8, 4) is 5.88 Å². The lowest BCUT2D eigenvalue weighted by molar-refractivity contribution is 0.114. The highest BCUT2D eigenvalue weighted by atomic mass is 127. The number of halogens is 1. The van der Waals surface area contributed by atoms with Crippen LogP contribution in [0, 0.1) is 5.92 Å². The fourth-order valence-corrected chi connectivity index (χ4v) is 1.99. The molecule has 124 valence electrons. The zero-order valence-electron chi connectivity index (χ0n) is 13.4. The van der Waals surface area contributed by atoms with Gasteiger partial charge in [0.05, 0.1) is 6.54 Å². The summed E-state index contributed by atoms with van der Waals surface area (Å²) in [6.07, 6.45) is 6.73. The van der Waals surface area contributed by atoms with Crippen LogP contribution in [0.15, 0.2) is 23.3 Å². The largest absolute Gasteiger partial charge is 0.474 e. The molecule has 2 rings (SSSR count). The summed E-state index contributed by atoms with van der Waals surface area (Å²) in [5.74, 6) is 1.85. The fraction of sp³-hybridized carbons (Fsp3) is 0.625. The van der Waals surface area contributed by atoms with E-state index in [0.717, 1.165) is 31.4 Å². The third-order valence-corrected chi connectivity index (χ3v) is 3.60. The van der Waals surface area contributed by atoms with Crippen LogP contribution in [-0.4, -0.2) is 23.6 Å². The lowest BCUT2D eigenvalue weighted by Crippen LogP contribution is -2.32. The zero-order valence-corrected chi connectivity index (χ0v) is 15.7. The normalized spacial score (nSPS) is 15.1. The molecular formula is C16H27IN4O. The second-order valence-corrected chi connectivity index (χ2v) is 5.98. The molecule has 0 aliphatic heterocycles. The fourth-order valence-electron chi connectivity index (χ4n) is 1.99. The Kier molecular flexibility index (Phi) is 8.52. The van der Waals surface area contributed by atoms with Gasteiger partial charge in [-0.2, -0.15) is 0 Å². The second-order valence-electron chi connectivity index (χ2n) is 5.98. The van der Waals surface area contributed by atoms with Gasteiger partial charge in [-0.15, -0.1) is 24.0 Å². The van der Waals surface area contributed by atoms with Crippen LogP contribution in [0.1, 0.15) is 45.1 Å². The van der Waals surface area contributed by atoms with E-state index >= 15 is 0 Å². The molecule has 0 saturated heterocycles. The van der Waals surface area contributed by atoms with Crippen molar-refractivity contribution in [1.82, 2.24) is 10.3 Å². The number of ether oxygens (including phenoxy) is 1. The van der Waals surface area contributed by atoms with Gasteiger partial charge in [-0.05, 0) is 43.2 Å². The van der Waals surface area contributed by atoms with Crippen LogP contribution < -0.4 is 15.8 Å². The van der Waals surface area contributed by atoms with Crippen molar-refractivity contribution >= 4 is 29.9 Å². The quantitative estimate of drug-likeness (QED) is 0.406. The number of rotatable bonds is 7. The van der Waals surface area contributed by atoms with E-state index in [-0.39, 0.29) is 24.0 Å². The van der Waals surface area contributed by atoms with Gasteiger partial charge in [0.1, 0.15) is 6.10 Å². The van der Waals surface area contributed by atoms with Crippen molar-refractivity contribution in [2.75, 3.05) is 6.54 Å². The highest BCUT2D eigenvalue weighted by molar-refractivity contribution is 14.0. The number of nitrogens with two attached hydrogens (primary N) is 1. The first kappa shape index (κ1) is 19.0. The molecule has 1 fully saturated rings. The van der Waals surface area contributed by atoms with Crippen LogP contribution in [0.25, 0.3) is 0 Å². The number of nitrogens with zero attached hydrogens (tertiary/aromatic N) is 2. The monoisotopic (exact) mass is 418 g/mol. The molecule has 0 unspecified atom stereocenters. The lowest BCUT2D eigenvalue weighted by atomic mass is 9.96. The van der Waals surface area contributed by atoms with Crippen LogP contribution in [0.3, 0.4) is 0 Å². The van der Waals surface area contributed by atoms with Gasteiger partial charge in [0.2, 0.25) is 5.88 Å². The van der Waals surface area contributed by atoms with E-state index < -0.39 is 0 Å². The standard InChI is InChI=1S/C16H26N4O.HI/c1-12(2)6-8-19-16(17)20-11-13-7-9-18-15(10-13)21-14-4-3-5-14;/h7,9-10,12,14H,3-6,8,11H2,1-2H3,(H3,17,19,20);1H. The molecule has 1 saturated carbocycles. The van der Waals surface area contributed by atoms with Gasteiger partial charge in [-0.25, -0.2) is 9.98 Å². The third-order valence-electron chi connectivity index (χ3n) is 3.60. The molecule has 1 aliphatic carbocycles. The second kappa shape index (κ2) is 9.86. The van der Waals surface area contributed by atoms with Crippen LogP contribution >= 0.6 is 24.0 Å². The van der Waals surface area contributed by atoms with Crippen LogP contribution in [0.5, 0.6) is 5.88 Å². The average molecular weight is 418 g/mol. The van der Waals surface area contributed by atoms with Gasteiger partial charge in [-0.1, -0.05) is 13.8 Å². The Bertz CT molecular complexity index is 475. The van der Waals surface area contributed by atoms with Crippen molar-refractivity contribution in [1.29, 1.82) is 0 Å². The predicted molar refractivity (Wildman–Crippen MR) is 101 cm³/mol. The maximum Gasteiger partial charge on any atom is 0.213 e. The number of hydrogen-bond donors (Lipinski definition) is 2. The molecular weight excluding hydrogens is 391 g/mol. The highest BCUT2D eigenvalue weighted by Gasteiger charge is 2.19. The minimum Gasteiger partial charge on any atom is -0.474 e. The SMILES string of the molecule is CC(C)CCNC(N)=NCc1ccnc(OC2CCC2)c1.I. The maximum atomic E-state index is 5.85. The van der Waals surface area contributed by atoms with Gasteiger partial charge in [-0.3, -0.25) is 0 Å². The molecule has 1 heterocycles. The predicted octanol–water partition coefficient (Wildman–Crippen LogP) is 3.08. The van der Waals surface area contributed by atoms with Crippen LogP contribution in [0.4, 0.5) is 0 Å². The summed E-state index contributed by atoms with van der Waals surface area (Å²) in [6, 6.07) is 3.89. The first-order valence-corrected chi connectivity index (χ1v) is 7.79. The van der Waals surface area contributed by atoms with E-state index in [9.17, 15) is 0 Å². The Morgan fingerprint density at radius 2 is 2.27 bits per heavy atom. The smallest absolute Gasteiger partial charge is 0.213 e. The molecule has 5 nitrogen and oxygen atoms in total. The summed E-state index contributed by atoms with van der Waals surface area (Å²) in [7, 11) is 0. The van der Waals surface area contributed by atoms with Gasteiger partial charge in [0.15, 0.2) is 5.96 Å². The van der Waals surface area contributed by atoms with E-state index in [1.54, 1.807) is 6.20 Å². The Labute approximate surface area is 150 Å². The van der Waals surface area contributed by atoms with Crippen molar-refractivity contribution in [3.05, 3.63) is 23.9 Å². The van der Waals surface area contributed by atoms with Gasteiger partial charge < -0.3 is 15.8 Å². The van der Waals surface area contributed by atoms with E-state index in [1.807, 2.05) is 12.1 Å². The average Bonchev–Trinajstić information content (AvgIpc) is 2.41. The molecule has 0 radical (unpaired) electrons. The van der Waals surface area contributed by atoms with Gasteiger partial charge >= 0.3 is 0 Å². The molecule has 1 aliphatic rings. The lowest BCUT2D eigenvalue weighted by Gasteiger charge is -2.25. The zero-order chi connectivity index (χ0) is 15.1. The van der Waals surface area contributed by atoms with Gasteiger partial charge in [0, 0.05) is 18.8 Å². The Morgan fingerprint density at radius 1 is 1.50 bits per heavy atom. The molecule has 6 heteroatoms. The maximum absolute atomic E-state index is 5.85. The van der Waals surface area contributed by atoms with Crippen molar-refractivity contribution in [2.45, 2.75) is 52.2 Å². The summed E-state index contributed by atoms with van der Waals surface area (Å²) < 4.78 is 5.78. The number of guanidine groups is 1. The minimum atomic E-state index is 0. The molecule has 0 aromatic carbocycles. The van der Waals surface area contributed by atoms with Crippen molar-refractivity contribution in [3.63, 3.8) is 0 Å². The molecule has 1 aromatic rings. The topological polar surface area (TPSA) is 72.5 Å². The molecule has 22 heavy (non-hydrogen) atoms. The first-order chi connectivity index (χ1) is 10.1. The number of aliphatic imine (C=N–C) groups is 1. The van der Waals surface area contributed by atoms with E-state index in [1.165, 1.54) is 6.42 Å². The molecule has 3 N–H and O–H groups in total. The van der Waals surface area contributed by atoms with Crippen LogP contribution in [-0.2, 0) is 6.54 Å². The van der Waals surface area contributed by atoms with Crippen LogP contribution in [0.2, 0.25) is 0 Å². The number of aromatic nitrogens is 1. The molecule has 0 amide bonds. The van der Waals surface area contributed by atoms with E-state index in [2.05, 4.69) is 29.1 Å². The summed E-state index contributed by atoms with van der Waals surface area (Å²) in [4.78, 5) is 8.59. The summed E-state index contributed by atoms with van der Waals surface area (Å²) in [5.41, 5.74) is 6.91. The van der Waals surface area contributed by atoms with Crippen molar-refractivity contribution in [2.24, 2.45) is 16.6 Å².